The van der Waals surface area contributed by atoms with Gasteiger partial charge in [0, 0.05) is 12.1 Å². The normalized spacial score (nSPS) is 10.3. The Hall–Kier alpha value is -2.13. The zero-order chi connectivity index (χ0) is 14.4. The van der Waals surface area contributed by atoms with Gasteiger partial charge in [0.2, 0.25) is 0 Å². The van der Waals surface area contributed by atoms with Gasteiger partial charge in [0.05, 0.1) is 0 Å². The Labute approximate surface area is 119 Å². The van der Waals surface area contributed by atoms with Crippen molar-refractivity contribution in [3.8, 4) is 0 Å². The zero-order valence-corrected chi connectivity index (χ0v) is 11.7. The number of hydrogen-bond acceptors (Lipinski definition) is 2. The average molecular weight is 268 g/mol. The van der Waals surface area contributed by atoms with Crippen LogP contribution in [0.4, 0.5) is 0 Å². The van der Waals surface area contributed by atoms with Crippen LogP contribution in [0.25, 0.3) is 0 Å². The molecule has 0 atom stereocenters. The van der Waals surface area contributed by atoms with Gasteiger partial charge in [-0.15, -0.1) is 0 Å². The Morgan fingerprint density at radius 2 is 1.70 bits per heavy atom. The van der Waals surface area contributed by atoms with Crippen molar-refractivity contribution in [1.29, 1.82) is 0 Å². The molecule has 2 aromatic carbocycles. The predicted molar refractivity (Wildman–Crippen MR) is 81.5 cm³/mol. The lowest BCUT2D eigenvalue weighted by Gasteiger charge is -2.10. The molecule has 0 aliphatic heterocycles. The van der Waals surface area contributed by atoms with Crippen molar-refractivity contribution in [2.24, 2.45) is 5.73 Å². The van der Waals surface area contributed by atoms with Crippen LogP contribution in [-0.2, 0) is 13.0 Å². The molecule has 0 fully saturated rings. The topological polar surface area (TPSA) is 55.1 Å². The molecule has 2 rings (SSSR count). The van der Waals surface area contributed by atoms with Gasteiger partial charge in [0.1, 0.15) is 0 Å². The molecule has 0 saturated carbocycles. The molecule has 0 radical (unpaired) electrons. The number of nitrogens with one attached hydrogen (secondary N) is 1. The highest BCUT2D eigenvalue weighted by atomic mass is 16.1. The molecule has 0 unspecified atom stereocenters. The minimum Gasteiger partial charge on any atom is -0.348 e. The summed E-state index contributed by atoms with van der Waals surface area (Å²) in [4.78, 5) is 12.3. The Morgan fingerprint density at radius 3 is 2.40 bits per heavy atom. The van der Waals surface area contributed by atoms with E-state index in [-0.39, 0.29) is 5.91 Å². The van der Waals surface area contributed by atoms with Crippen LogP contribution in [0.2, 0.25) is 0 Å². The first kappa shape index (κ1) is 14.3. The molecule has 0 aliphatic rings. The van der Waals surface area contributed by atoms with Crippen LogP contribution >= 0.6 is 0 Å². The molecule has 1 amide bonds. The van der Waals surface area contributed by atoms with Gasteiger partial charge >= 0.3 is 0 Å². The van der Waals surface area contributed by atoms with Crippen LogP contribution in [0.5, 0.6) is 0 Å². The third-order valence-corrected chi connectivity index (χ3v) is 3.38. The number of carbonyl (C=O) groups is 1. The summed E-state index contributed by atoms with van der Waals surface area (Å²) in [7, 11) is 0. The maximum Gasteiger partial charge on any atom is 0.251 e. The third kappa shape index (κ3) is 3.45. The summed E-state index contributed by atoms with van der Waals surface area (Å²) in [5.41, 5.74) is 9.61. The molecule has 0 heterocycles. The SMILES string of the molecule is Cc1ccccc1CNC(=O)c1ccccc1CCN. The summed E-state index contributed by atoms with van der Waals surface area (Å²) in [6.07, 6.45) is 0.716. The summed E-state index contributed by atoms with van der Waals surface area (Å²) in [5.74, 6) is -0.0442. The van der Waals surface area contributed by atoms with Crippen LogP contribution in [0.1, 0.15) is 27.0 Å². The van der Waals surface area contributed by atoms with Crippen LogP contribution in [0.3, 0.4) is 0 Å². The van der Waals surface area contributed by atoms with Crippen molar-refractivity contribution in [2.75, 3.05) is 6.54 Å². The number of aryl methyl sites for hydroxylation is 1. The molecule has 2 aromatic rings. The van der Waals surface area contributed by atoms with E-state index in [2.05, 4.69) is 5.32 Å². The van der Waals surface area contributed by atoms with E-state index in [0.29, 0.717) is 25.1 Å². The van der Waals surface area contributed by atoms with E-state index in [0.717, 1.165) is 11.1 Å². The number of carbonyl (C=O) groups excluding carboxylic acids is 1. The standard InChI is InChI=1S/C17H20N2O/c1-13-6-2-3-8-15(13)12-19-17(20)16-9-5-4-7-14(16)10-11-18/h2-9H,10-12,18H2,1H3,(H,19,20). The van der Waals surface area contributed by atoms with Gasteiger partial charge in [-0.3, -0.25) is 4.79 Å². The molecule has 0 spiro atoms. The van der Waals surface area contributed by atoms with Gasteiger partial charge in [0.15, 0.2) is 0 Å². The second-order valence-corrected chi connectivity index (χ2v) is 4.80. The fourth-order valence-corrected chi connectivity index (χ4v) is 2.19. The van der Waals surface area contributed by atoms with E-state index in [1.807, 2.05) is 55.5 Å². The van der Waals surface area contributed by atoms with Gasteiger partial charge in [-0.2, -0.15) is 0 Å². The molecular weight excluding hydrogens is 248 g/mol. The summed E-state index contributed by atoms with van der Waals surface area (Å²) >= 11 is 0. The number of amides is 1. The first-order valence-corrected chi connectivity index (χ1v) is 6.83. The largest absolute Gasteiger partial charge is 0.348 e. The number of nitrogens with two attached hydrogens (primary N) is 1. The van der Waals surface area contributed by atoms with Gasteiger partial charge in [0.25, 0.3) is 5.91 Å². The lowest BCUT2D eigenvalue weighted by molar-refractivity contribution is 0.0950. The van der Waals surface area contributed by atoms with Crippen LogP contribution in [0.15, 0.2) is 48.5 Å². The van der Waals surface area contributed by atoms with Crippen LogP contribution < -0.4 is 11.1 Å². The monoisotopic (exact) mass is 268 g/mol. The van der Waals surface area contributed by atoms with Gasteiger partial charge < -0.3 is 11.1 Å². The van der Waals surface area contributed by atoms with E-state index in [1.54, 1.807) is 0 Å². The fraction of sp³-hybridized carbons (Fsp3) is 0.235. The van der Waals surface area contributed by atoms with Crippen LogP contribution in [-0.4, -0.2) is 12.5 Å². The molecule has 104 valence electrons. The Balaban J connectivity index is 2.07. The molecular formula is C17H20N2O. The predicted octanol–water partition coefficient (Wildman–Crippen LogP) is 2.43. The summed E-state index contributed by atoms with van der Waals surface area (Å²) in [5, 5.41) is 2.98. The lowest BCUT2D eigenvalue weighted by Crippen LogP contribution is -2.24. The minimum absolute atomic E-state index is 0.0442. The quantitative estimate of drug-likeness (QED) is 0.875. The summed E-state index contributed by atoms with van der Waals surface area (Å²) < 4.78 is 0. The van der Waals surface area contributed by atoms with E-state index in [4.69, 9.17) is 5.73 Å². The summed E-state index contributed by atoms with van der Waals surface area (Å²) in [6.45, 7) is 3.13. The van der Waals surface area contributed by atoms with Gasteiger partial charge in [-0.05, 0) is 42.6 Å². The lowest BCUT2D eigenvalue weighted by atomic mass is 10.0. The molecule has 3 nitrogen and oxygen atoms in total. The van der Waals surface area contributed by atoms with Crippen molar-refractivity contribution in [3.05, 3.63) is 70.8 Å². The smallest absolute Gasteiger partial charge is 0.251 e. The Kier molecular flexibility index (Phi) is 4.91. The molecule has 3 heteroatoms. The highest BCUT2D eigenvalue weighted by Crippen LogP contribution is 2.11. The maximum atomic E-state index is 12.3. The highest BCUT2D eigenvalue weighted by Gasteiger charge is 2.10. The Morgan fingerprint density at radius 1 is 1.05 bits per heavy atom. The average Bonchev–Trinajstić information content (AvgIpc) is 2.47. The zero-order valence-electron chi connectivity index (χ0n) is 11.7. The fourth-order valence-electron chi connectivity index (χ4n) is 2.19. The second-order valence-electron chi connectivity index (χ2n) is 4.80. The van der Waals surface area contributed by atoms with Crippen molar-refractivity contribution < 1.29 is 4.79 Å². The van der Waals surface area contributed by atoms with Gasteiger partial charge in [-0.25, -0.2) is 0 Å². The number of rotatable bonds is 5. The molecule has 0 aromatic heterocycles. The van der Waals surface area contributed by atoms with E-state index < -0.39 is 0 Å². The van der Waals surface area contributed by atoms with Crippen molar-refractivity contribution >= 4 is 5.91 Å². The molecule has 3 N–H and O–H groups in total. The number of benzene rings is 2. The van der Waals surface area contributed by atoms with Gasteiger partial charge in [-0.1, -0.05) is 42.5 Å². The van der Waals surface area contributed by atoms with Crippen molar-refractivity contribution in [3.63, 3.8) is 0 Å². The second kappa shape index (κ2) is 6.87. The third-order valence-electron chi connectivity index (χ3n) is 3.38. The van der Waals surface area contributed by atoms with Crippen molar-refractivity contribution in [1.82, 2.24) is 5.32 Å². The van der Waals surface area contributed by atoms with E-state index >= 15 is 0 Å². The van der Waals surface area contributed by atoms with E-state index in [9.17, 15) is 4.79 Å². The first-order chi connectivity index (χ1) is 9.72. The highest BCUT2D eigenvalue weighted by molar-refractivity contribution is 5.95. The Bertz CT molecular complexity index is 593. The molecule has 0 saturated heterocycles. The van der Waals surface area contributed by atoms with Crippen LogP contribution in [0, 0.1) is 6.92 Å². The summed E-state index contributed by atoms with van der Waals surface area (Å²) in [6, 6.07) is 15.7. The molecule has 0 aliphatic carbocycles. The van der Waals surface area contributed by atoms with E-state index in [1.165, 1.54) is 5.56 Å². The maximum absolute atomic E-state index is 12.3. The number of hydrogen-bond donors (Lipinski definition) is 2. The van der Waals surface area contributed by atoms with Crippen molar-refractivity contribution in [2.45, 2.75) is 19.9 Å². The first-order valence-electron chi connectivity index (χ1n) is 6.83. The minimum atomic E-state index is -0.0442. The molecule has 20 heavy (non-hydrogen) atoms. The molecule has 0 bridgehead atoms.